The van der Waals surface area contributed by atoms with Crippen LogP contribution in [0.25, 0.3) is 0 Å². The highest BCUT2D eigenvalue weighted by Crippen LogP contribution is 2.28. The molecule has 6 heteroatoms. The Morgan fingerprint density at radius 3 is 2.53 bits per heavy atom. The molecule has 17 heavy (non-hydrogen) atoms. The van der Waals surface area contributed by atoms with Crippen molar-refractivity contribution in [2.24, 2.45) is 0 Å². The normalized spacial score (nSPS) is 13.1. The number of benzene rings is 1. The van der Waals surface area contributed by atoms with Crippen LogP contribution < -0.4 is 5.32 Å². The minimum Gasteiger partial charge on any atom is -0.325 e. The number of carbonyl (C=O) groups excluding carboxylic acids is 1. The van der Waals surface area contributed by atoms with Crippen molar-refractivity contribution >= 4 is 37.4 Å². The van der Waals surface area contributed by atoms with Crippen molar-refractivity contribution in [2.75, 3.05) is 17.3 Å². The lowest BCUT2D eigenvalue weighted by Gasteiger charge is -2.12. The second-order valence-corrected chi connectivity index (χ2v) is 7.34. The quantitative estimate of drug-likeness (QED) is 0.865. The molecule has 1 atom stereocenters. The van der Waals surface area contributed by atoms with Crippen molar-refractivity contribution in [1.29, 1.82) is 0 Å². The largest absolute Gasteiger partial charge is 0.325 e. The van der Waals surface area contributed by atoms with E-state index in [0.717, 1.165) is 11.8 Å². The first-order valence-electron chi connectivity index (χ1n) is 5.00. The van der Waals surface area contributed by atoms with Gasteiger partial charge in [0.15, 0.2) is 9.84 Å². The Morgan fingerprint density at radius 2 is 2.00 bits per heavy atom. The molecule has 0 heterocycles. The number of sulfone groups is 1. The lowest BCUT2D eigenvalue weighted by Crippen LogP contribution is -2.22. The molecule has 4 nitrogen and oxygen atoms in total. The Hall–Kier alpha value is -0.880. The summed E-state index contributed by atoms with van der Waals surface area (Å²) in [6, 6.07) is 7.26. The van der Waals surface area contributed by atoms with E-state index in [2.05, 4.69) is 21.2 Å². The van der Waals surface area contributed by atoms with Crippen LogP contribution >= 0.6 is 15.9 Å². The molecule has 0 aliphatic heterocycles. The van der Waals surface area contributed by atoms with Gasteiger partial charge in [0.2, 0.25) is 5.91 Å². The Morgan fingerprint density at radius 1 is 1.41 bits per heavy atom. The third-order valence-corrected chi connectivity index (χ3v) is 3.34. The molecule has 0 saturated carbocycles. The molecular weight excluding hydrogens is 306 g/mol. The zero-order valence-corrected chi connectivity index (χ0v) is 12.0. The molecule has 0 radical (unpaired) electrons. The smallest absolute Gasteiger partial charge is 0.239 e. The van der Waals surface area contributed by atoms with E-state index in [9.17, 15) is 13.2 Å². The number of amides is 1. The maximum atomic E-state index is 11.5. The van der Waals surface area contributed by atoms with Crippen molar-refractivity contribution in [2.45, 2.75) is 11.8 Å². The second kappa shape index (κ2) is 5.64. The first kappa shape index (κ1) is 14.2. The van der Waals surface area contributed by atoms with Crippen LogP contribution in [0.3, 0.4) is 0 Å². The molecule has 1 aromatic rings. The van der Waals surface area contributed by atoms with Gasteiger partial charge in [0.1, 0.15) is 5.75 Å². The molecule has 0 bridgehead atoms. The summed E-state index contributed by atoms with van der Waals surface area (Å²) in [6.45, 7) is 1.93. The average Bonchev–Trinajstić information content (AvgIpc) is 2.14. The van der Waals surface area contributed by atoms with Gasteiger partial charge in [-0.2, -0.15) is 0 Å². The van der Waals surface area contributed by atoms with Gasteiger partial charge in [-0.3, -0.25) is 4.79 Å². The maximum Gasteiger partial charge on any atom is 0.239 e. The van der Waals surface area contributed by atoms with E-state index in [1.165, 1.54) is 0 Å². The summed E-state index contributed by atoms with van der Waals surface area (Å²) in [4.78, 5) is 11.6. The topological polar surface area (TPSA) is 63.2 Å². The van der Waals surface area contributed by atoms with E-state index in [0.29, 0.717) is 5.69 Å². The van der Waals surface area contributed by atoms with Gasteiger partial charge in [-0.1, -0.05) is 34.1 Å². The van der Waals surface area contributed by atoms with Crippen LogP contribution in [0, 0.1) is 0 Å². The number of nitrogens with one attached hydrogen (secondary N) is 1. The molecule has 0 spiro atoms. The Balaban J connectivity index is 2.85. The minimum absolute atomic E-state index is 0.0808. The molecule has 1 N–H and O–H groups in total. The average molecular weight is 320 g/mol. The Labute approximate surface area is 109 Å². The van der Waals surface area contributed by atoms with Crippen LogP contribution in [0.5, 0.6) is 0 Å². The van der Waals surface area contributed by atoms with Crippen LogP contribution in [-0.2, 0) is 14.6 Å². The molecule has 1 aromatic carbocycles. The molecule has 1 amide bonds. The predicted octanol–water partition coefficient (Wildman–Crippen LogP) is 2.13. The number of para-hydroxylation sites is 1. The monoisotopic (exact) mass is 319 g/mol. The van der Waals surface area contributed by atoms with Crippen molar-refractivity contribution in [3.05, 3.63) is 29.8 Å². The molecule has 0 aliphatic carbocycles. The van der Waals surface area contributed by atoms with Crippen LogP contribution in [0.4, 0.5) is 5.69 Å². The second-order valence-electron chi connectivity index (χ2n) is 3.82. The van der Waals surface area contributed by atoms with E-state index >= 15 is 0 Å². The van der Waals surface area contributed by atoms with E-state index in [1.807, 2.05) is 19.1 Å². The van der Waals surface area contributed by atoms with Crippen molar-refractivity contribution in [1.82, 2.24) is 0 Å². The Kier molecular flexibility index (Phi) is 4.70. The number of alkyl halides is 1. The fourth-order valence-electron chi connectivity index (χ4n) is 1.38. The van der Waals surface area contributed by atoms with Crippen LogP contribution in [-0.4, -0.2) is 26.3 Å². The van der Waals surface area contributed by atoms with Crippen LogP contribution in [0.15, 0.2) is 24.3 Å². The number of halogens is 1. The third kappa shape index (κ3) is 4.87. The van der Waals surface area contributed by atoms with E-state index in [4.69, 9.17) is 0 Å². The fraction of sp³-hybridized carbons (Fsp3) is 0.364. The molecule has 0 saturated heterocycles. The lowest BCUT2D eigenvalue weighted by molar-refractivity contribution is -0.113. The summed E-state index contributed by atoms with van der Waals surface area (Å²) in [7, 11) is -3.30. The van der Waals surface area contributed by atoms with Gasteiger partial charge < -0.3 is 5.32 Å². The molecule has 0 aliphatic rings. The van der Waals surface area contributed by atoms with Gasteiger partial charge in [0, 0.05) is 16.8 Å². The highest BCUT2D eigenvalue weighted by Gasteiger charge is 2.13. The van der Waals surface area contributed by atoms with Gasteiger partial charge in [-0.15, -0.1) is 0 Å². The first-order chi connectivity index (χ1) is 7.79. The van der Waals surface area contributed by atoms with Gasteiger partial charge >= 0.3 is 0 Å². The molecular formula is C11H14BrNO3S. The highest BCUT2D eigenvalue weighted by atomic mass is 79.9. The summed E-state index contributed by atoms with van der Waals surface area (Å²) in [5, 5.41) is 2.60. The summed E-state index contributed by atoms with van der Waals surface area (Å²) < 4.78 is 22.0. The number of anilines is 1. The predicted molar refractivity (Wildman–Crippen MR) is 72.1 cm³/mol. The van der Waals surface area contributed by atoms with Gasteiger partial charge in [0.25, 0.3) is 0 Å². The summed E-state index contributed by atoms with van der Waals surface area (Å²) in [5.74, 6) is -1.02. The zero-order chi connectivity index (χ0) is 13.1. The lowest BCUT2D eigenvalue weighted by atomic mass is 10.1. The van der Waals surface area contributed by atoms with Gasteiger partial charge in [0.05, 0.1) is 0 Å². The van der Waals surface area contributed by atoms with Crippen molar-refractivity contribution in [3.8, 4) is 0 Å². The highest BCUT2D eigenvalue weighted by molar-refractivity contribution is 9.09. The number of carbonyl (C=O) groups is 1. The van der Waals surface area contributed by atoms with Crippen LogP contribution in [0.1, 0.15) is 17.3 Å². The van der Waals surface area contributed by atoms with E-state index in [-0.39, 0.29) is 4.83 Å². The number of hydrogen-bond donors (Lipinski definition) is 1. The fourth-order valence-corrected chi connectivity index (χ4v) is 2.33. The number of rotatable bonds is 4. The first-order valence-corrected chi connectivity index (χ1v) is 7.98. The van der Waals surface area contributed by atoms with Gasteiger partial charge in [-0.25, -0.2) is 8.42 Å². The van der Waals surface area contributed by atoms with E-state index in [1.54, 1.807) is 12.1 Å². The summed E-state index contributed by atoms with van der Waals surface area (Å²) in [5.41, 5.74) is 1.54. The van der Waals surface area contributed by atoms with Gasteiger partial charge in [-0.05, 0) is 18.6 Å². The van der Waals surface area contributed by atoms with E-state index < -0.39 is 21.5 Å². The third-order valence-electron chi connectivity index (χ3n) is 2.06. The summed E-state index contributed by atoms with van der Waals surface area (Å²) >= 11 is 3.42. The number of hydrogen-bond acceptors (Lipinski definition) is 3. The molecule has 1 rings (SSSR count). The maximum absolute atomic E-state index is 11.5. The van der Waals surface area contributed by atoms with Crippen molar-refractivity contribution < 1.29 is 13.2 Å². The van der Waals surface area contributed by atoms with Crippen LogP contribution in [0.2, 0.25) is 0 Å². The Bertz CT molecular complexity index is 511. The molecule has 1 unspecified atom stereocenters. The van der Waals surface area contributed by atoms with Crippen molar-refractivity contribution in [3.63, 3.8) is 0 Å². The summed E-state index contributed by atoms with van der Waals surface area (Å²) in [6.07, 6.45) is 1.03. The zero-order valence-electron chi connectivity index (χ0n) is 9.60. The molecule has 0 aromatic heterocycles. The molecule has 0 fully saturated rings. The minimum atomic E-state index is -3.30. The SMILES string of the molecule is CC(Br)c1ccccc1NC(=O)CS(C)(=O)=O. The standard InChI is InChI=1S/C11H14BrNO3S/c1-8(12)9-5-3-4-6-10(9)13-11(14)7-17(2,15)16/h3-6,8H,7H2,1-2H3,(H,13,14). The molecule has 94 valence electrons.